The monoisotopic (exact) mass is 272 g/mol. The van der Waals surface area contributed by atoms with Crippen molar-refractivity contribution < 1.29 is 4.79 Å². The fraction of sp³-hybridized carbons (Fsp3) is 0.812. The molecule has 0 saturated heterocycles. The molecule has 0 aromatic heterocycles. The lowest BCUT2D eigenvalue weighted by molar-refractivity contribution is -0.104. The van der Waals surface area contributed by atoms with Gasteiger partial charge < -0.3 is 0 Å². The Morgan fingerprint density at radius 3 is 1.56 bits per heavy atom. The molecule has 0 unspecified atom stereocenters. The van der Waals surface area contributed by atoms with Gasteiger partial charge in [0.15, 0.2) is 0 Å². The number of rotatable bonds is 14. The van der Waals surface area contributed by atoms with Crippen molar-refractivity contribution in [3.05, 3.63) is 12.2 Å². The lowest BCUT2D eigenvalue weighted by Gasteiger charge is -2.01. The Hall–Kier alpha value is -0.300. The van der Waals surface area contributed by atoms with Crippen molar-refractivity contribution in [1.29, 1.82) is 0 Å². The number of alkyl halides is 1. The topological polar surface area (TPSA) is 17.1 Å². The van der Waals surface area contributed by atoms with Gasteiger partial charge >= 0.3 is 0 Å². The van der Waals surface area contributed by atoms with Crippen LogP contribution in [-0.4, -0.2) is 12.2 Å². The van der Waals surface area contributed by atoms with E-state index in [4.69, 9.17) is 11.6 Å². The molecule has 0 aliphatic carbocycles. The highest BCUT2D eigenvalue weighted by atomic mass is 35.5. The molecule has 18 heavy (non-hydrogen) atoms. The van der Waals surface area contributed by atoms with E-state index in [-0.39, 0.29) is 0 Å². The van der Waals surface area contributed by atoms with E-state index in [0.29, 0.717) is 0 Å². The number of unbranched alkanes of at least 4 members (excludes halogenated alkanes) is 11. The highest BCUT2D eigenvalue weighted by Gasteiger charge is 1.92. The van der Waals surface area contributed by atoms with Crippen molar-refractivity contribution in [3.8, 4) is 0 Å². The van der Waals surface area contributed by atoms with Crippen LogP contribution in [0.25, 0.3) is 0 Å². The number of hydrogen-bond acceptors (Lipinski definition) is 1. The van der Waals surface area contributed by atoms with Crippen LogP contribution < -0.4 is 0 Å². The van der Waals surface area contributed by atoms with Gasteiger partial charge in [0.25, 0.3) is 0 Å². The Labute approximate surface area is 118 Å². The number of aldehydes is 1. The largest absolute Gasteiger partial charge is 0.299 e. The minimum Gasteiger partial charge on any atom is -0.299 e. The number of carbonyl (C=O) groups excluding carboxylic acids is 1. The minimum absolute atomic E-state index is 0.821. The van der Waals surface area contributed by atoms with Crippen LogP contribution in [-0.2, 0) is 4.79 Å². The lowest BCUT2D eigenvalue weighted by atomic mass is 10.1. The van der Waals surface area contributed by atoms with Gasteiger partial charge in [0.05, 0.1) is 0 Å². The maximum atomic E-state index is 10.0. The molecule has 0 aromatic carbocycles. The van der Waals surface area contributed by atoms with Crippen LogP contribution in [0.4, 0.5) is 0 Å². The van der Waals surface area contributed by atoms with Gasteiger partial charge in [0.1, 0.15) is 6.29 Å². The zero-order chi connectivity index (χ0) is 13.3. The minimum atomic E-state index is 0.821. The van der Waals surface area contributed by atoms with Crippen LogP contribution in [0.1, 0.15) is 77.0 Å². The first-order chi connectivity index (χ1) is 8.91. The fourth-order valence-corrected chi connectivity index (χ4v) is 2.29. The third-order valence-electron chi connectivity index (χ3n) is 3.22. The summed E-state index contributed by atoms with van der Waals surface area (Å²) in [5.74, 6) is 0.821. The van der Waals surface area contributed by atoms with Gasteiger partial charge in [-0.15, -0.1) is 11.6 Å². The normalized spacial score (nSPS) is 11.2. The highest BCUT2D eigenvalue weighted by Crippen LogP contribution is 2.12. The van der Waals surface area contributed by atoms with E-state index in [1.807, 2.05) is 6.08 Å². The molecule has 0 radical (unpaired) electrons. The molecule has 106 valence electrons. The molecule has 0 heterocycles. The lowest BCUT2D eigenvalue weighted by Crippen LogP contribution is -1.83. The van der Waals surface area contributed by atoms with E-state index in [2.05, 4.69) is 0 Å². The summed E-state index contributed by atoms with van der Waals surface area (Å²) in [5, 5.41) is 0. The summed E-state index contributed by atoms with van der Waals surface area (Å²) in [7, 11) is 0. The molecule has 0 aromatic rings. The molecule has 0 atom stereocenters. The summed E-state index contributed by atoms with van der Waals surface area (Å²) < 4.78 is 0. The van der Waals surface area contributed by atoms with Crippen LogP contribution in [0.15, 0.2) is 12.2 Å². The van der Waals surface area contributed by atoms with Gasteiger partial charge in [0, 0.05) is 5.88 Å². The second-order valence-electron chi connectivity index (χ2n) is 4.93. The Morgan fingerprint density at radius 1 is 0.667 bits per heavy atom. The van der Waals surface area contributed by atoms with Gasteiger partial charge in [0.2, 0.25) is 0 Å². The predicted molar refractivity (Wildman–Crippen MR) is 81.3 cm³/mol. The van der Waals surface area contributed by atoms with Crippen LogP contribution in [0.2, 0.25) is 0 Å². The maximum Gasteiger partial charge on any atom is 0.142 e. The van der Waals surface area contributed by atoms with Crippen molar-refractivity contribution in [2.45, 2.75) is 77.0 Å². The predicted octanol–water partition coefficient (Wildman–Crippen LogP) is 5.66. The molecule has 0 aliphatic heterocycles. The molecule has 0 fully saturated rings. The number of hydrogen-bond donors (Lipinski definition) is 0. The number of allylic oxidation sites excluding steroid dienone is 2. The summed E-state index contributed by atoms with van der Waals surface area (Å²) in [6.45, 7) is 0. The van der Waals surface area contributed by atoms with Crippen molar-refractivity contribution in [3.63, 3.8) is 0 Å². The summed E-state index contributed by atoms with van der Waals surface area (Å²) >= 11 is 5.63. The first-order valence-electron chi connectivity index (χ1n) is 7.58. The van der Waals surface area contributed by atoms with Gasteiger partial charge in [-0.25, -0.2) is 0 Å². The van der Waals surface area contributed by atoms with E-state index in [0.717, 1.165) is 18.6 Å². The third-order valence-corrected chi connectivity index (χ3v) is 3.49. The Balaban J connectivity index is 2.94. The molecular formula is C16H29ClO. The smallest absolute Gasteiger partial charge is 0.142 e. The van der Waals surface area contributed by atoms with Gasteiger partial charge in [-0.1, -0.05) is 63.9 Å². The highest BCUT2D eigenvalue weighted by molar-refractivity contribution is 6.17. The standard InChI is InChI=1S/C16H29ClO/c17-15-13-11-9-7-5-3-1-2-4-6-8-10-12-14-16-18/h12,14,16H,1-11,13,15H2/b14-12+. The average molecular weight is 273 g/mol. The van der Waals surface area contributed by atoms with Crippen molar-refractivity contribution in [2.24, 2.45) is 0 Å². The van der Waals surface area contributed by atoms with E-state index >= 15 is 0 Å². The van der Waals surface area contributed by atoms with E-state index < -0.39 is 0 Å². The Kier molecular flexibility index (Phi) is 16.4. The SMILES string of the molecule is O=C/C=C/CCCCCCCCCCCCCCl. The second-order valence-corrected chi connectivity index (χ2v) is 5.31. The molecule has 0 rings (SSSR count). The van der Waals surface area contributed by atoms with Gasteiger partial charge in [-0.3, -0.25) is 4.79 Å². The van der Waals surface area contributed by atoms with E-state index in [9.17, 15) is 4.79 Å². The molecule has 0 spiro atoms. The molecule has 0 N–H and O–H groups in total. The Bertz CT molecular complexity index is 190. The second kappa shape index (κ2) is 16.7. The third kappa shape index (κ3) is 15.7. The molecule has 0 bridgehead atoms. The van der Waals surface area contributed by atoms with E-state index in [1.54, 1.807) is 6.08 Å². The zero-order valence-electron chi connectivity index (χ0n) is 11.7. The summed E-state index contributed by atoms with van der Waals surface area (Å²) in [4.78, 5) is 10.0. The first kappa shape index (κ1) is 17.7. The van der Waals surface area contributed by atoms with Crippen LogP contribution in [0.5, 0.6) is 0 Å². The fourth-order valence-electron chi connectivity index (χ4n) is 2.10. The van der Waals surface area contributed by atoms with Crippen LogP contribution in [0, 0.1) is 0 Å². The molecular weight excluding hydrogens is 244 g/mol. The summed E-state index contributed by atoms with van der Waals surface area (Å²) in [6.07, 6.45) is 20.1. The van der Waals surface area contributed by atoms with E-state index in [1.165, 1.54) is 70.6 Å². The number of halogens is 1. The number of carbonyl (C=O) groups is 1. The maximum absolute atomic E-state index is 10.0. The van der Waals surface area contributed by atoms with Crippen molar-refractivity contribution >= 4 is 17.9 Å². The first-order valence-corrected chi connectivity index (χ1v) is 8.11. The summed E-state index contributed by atoms with van der Waals surface area (Å²) in [6, 6.07) is 0. The quantitative estimate of drug-likeness (QED) is 0.173. The molecule has 0 amide bonds. The van der Waals surface area contributed by atoms with Gasteiger partial charge in [-0.05, 0) is 25.3 Å². The van der Waals surface area contributed by atoms with Crippen LogP contribution in [0.3, 0.4) is 0 Å². The molecule has 1 nitrogen and oxygen atoms in total. The van der Waals surface area contributed by atoms with Crippen molar-refractivity contribution in [2.75, 3.05) is 5.88 Å². The molecule has 0 aliphatic rings. The average Bonchev–Trinajstić information content (AvgIpc) is 2.39. The van der Waals surface area contributed by atoms with Crippen LogP contribution >= 0.6 is 11.6 Å². The van der Waals surface area contributed by atoms with Crippen molar-refractivity contribution in [1.82, 2.24) is 0 Å². The zero-order valence-corrected chi connectivity index (χ0v) is 12.5. The van der Waals surface area contributed by atoms with Gasteiger partial charge in [-0.2, -0.15) is 0 Å². The summed E-state index contributed by atoms with van der Waals surface area (Å²) in [5.41, 5.74) is 0. The Morgan fingerprint density at radius 2 is 1.11 bits per heavy atom. The molecule has 2 heteroatoms. The molecule has 0 saturated carbocycles.